The third kappa shape index (κ3) is 4.01. The molecule has 0 amide bonds. The van der Waals surface area contributed by atoms with Crippen LogP contribution in [0.25, 0.3) is 0 Å². The number of hydrogen-bond donors (Lipinski definition) is 0. The normalized spacial score (nSPS) is 11.7. The second-order valence-corrected chi connectivity index (χ2v) is 7.28. The summed E-state index contributed by atoms with van der Waals surface area (Å²) < 4.78 is 64.9. The molecule has 0 aliphatic rings. The topological polar surface area (TPSA) is 114 Å². The number of halogens is 4. The number of anilines is 1. The van der Waals surface area contributed by atoms with Crippen molar-refractivity contribution in [3.8, 4) is 6.07 Å². The molecule has 0 aliphatic carbocycles. The Labute approximate surface area is 161 Å². The molecular weight excluding hydrogens is 427 g/mol. The molecule has 0 saturated carbocycles. The van der Waals surface area contributed by atoms with Crippen molar-refractivity contribution in [3.05, 3.63) is 62.7 Å². The van der Waals surface area contributed by atoms with Crippen molar-refractivity contribution in [3.63, 3.8) is 0 Å². The van der Waals surface area contributed by atoms with Gasteiger partial charge in [0.2, 0.25) is 0 Å². The first-order chi connectivity index (χ1) is 12.9. The minimum absolute atomic E-state index is 0.193. The van der Waals surface area contributed by atoms with Crippen LogP contribution in [0, 0.1) is 21.4 Å². The van der Waals surface area contributed by atoms with Gasteiger partial charge < -0.3 is 0 Å². The van der Waals surface area contributed by atoms with Crippen molar-refractivity contribution in [2.45, 2.75) is 11.1 Å². The third-order valence-corrected chi connectivity index (χ3v) is 5.39. The lowest BCUT2D eigenvalue weighted by Gasteiger charge is -2.22. The van der Waals surface area contributed by atoms with Crippen LogP contribution in [0.3, 0.4) is 0 Å². The van der Waals surface area contributed by atoms with Crippen LogP contribution in [0.1, 0.15) is 11.1 Å². The van der Waals surface area contributed by atoms with Crippen LogP contribution in [-0.2, 0) is 21.0 Å². The number of sulfonamides is 1. The van der Waals surface area contributed by atoms with E-state index in [0.717, 1.165) is 37.4 Å². The van der Waals surface area contributed by atoms with Crippen LogP contribution in [0.4, 0.5) is 24.5 Å². The zero-order valence-electron chi connectivity index (χ0n) is 13.8. The quantitative estimate of drug-likeness (QED) is 0.520. The Morgan fingerprint density at radius 2 is 1.89 bits per heavy atom. The minimum atomic E-state index is -4.91. The number of alkyl halides is 3. The van der Waals surface area contributed by atoms with Gasteiger partial charge in [-0.2, -0.15) is 26.9 Å². The van der Waals surface area contributed by atoms with Crippen LogP contribution in [-0.4, -0.2) is 20.5 Å². The van der Waals surface area contributed by atoms with E-state index in [-0.39, 0.29) is 4.47 Å². The summed E-state index contributed by atoms with van der Waals surface area (Å²) in [4.78, 5) is 14.0. The lowest BCUT2D eigenvalue weighted by molar-refractivity contribution is -0.384. The highest BCUT2D eigenvalue weighted by Gasteiger charge is 2.36. The molecule has 28 heavy (non-hydrogen) atoms. The highest BCUT2D eigenvalue weighted by molar-refractivity contribution is 7.92. The number of hydrogen-bond acceptors (Lipinski definition) is 6. The third-order valence-electron chi connectivity index (χ3n) is 3.43. The maximum Gasteiger partial charge on any atom is 0.417 e. The lowest BCUT2D eigenvalue weighted by atomic mass is 10.2. The molecule has 0 aliphatic heterocycles. The average Bonchev–Trinajstić information content (AvgIpc) is 2.61. The van der Waals surface area contributed by atoms with Gasteiger partial charge in [-0.05, 0) is 24.3 Å². The molecule has 2 aromatic carbocycles. The summed E-state index contributed by atoms with van der Waals surface area (Å²) in [6, 6.07) is 6.14. The van der Waals surface area contributed by atoms with E-state index in [2.05, 4.69) is 0 Å². The van der Waals surface area contributed by atoms with Gasteiger partial charge in [0, 0.05) is 12.1 Å². The number of rotatable bonds is 5. The van der Waals surface area contributed by atoms with E-state index in [1.807, 2.05) is 0 Å². The Balaban J connectivity index is 2.65. The molecular formula is C15H9ClF3N3O5S. The Morgan fingerprint density at radius 3 is 2.39 bits per heavy atom. The first kappa shape index (κ1) is 21.4. The molecule has 0 saturated heterocycles. The summed E-state index contributed by atoms with van der Waals surface area (Å²) in [5.74, 6) is 0. The van der Waals surface area contributed by atoms with E-state index in [1.165, 1.54) is 0 Å². The van der Waals surface area contributed by atoms with Crippen LogP contribution in [0.5, 0.6) is 0 Å². The van der Waals surface area contributed by atoms with Crippen molar-refractivity contribution < 1.29 is 31.3 Å². The molecule has 0 radical (unpaired) electrons. The summed E-state index contributed by atoms with van der Waals surface area (Å²) in [5, 5.41) is 19.3. The minimum Gasteiger partial charge on any atom is -0.262 e. The standard InChI is InChI=1S/C15H9ClF3N3O5S/c1-27-22(14-5-2-10(21(23)24)6-9(14)8-20)28(25,26)11-3-4-13(16)12(7-11)15(17,18)19/h2-7H,1H3. The predicted molar refractivity (Wildman–Crippen MR) is 90.9 cm³/mol. The van der Waals surface area contributed by atoms with E-state index in [0.29, 0.717) is 6.07 Å². The van der Waals surface area contributed by atoms with E-state index < -0.39 is 53.5 Å². The zero-order valence-corrected chi connectivity index (χ0v) is 15.3. The van der Waals surface area contributed by atoms with Crippen molar-refractivity contribution in [1.29, 1.82) is 5.26 Å². The Bertz CT molecular complexity index is 1080. The molecule has 13 heteroatoms. The monoisotopic (exact) mass is 435 g/mol. The number of benzene rings is 2. The summed E-state index contributed by atoms with van der Waals surface area (Å²) >= 11 is 5.49. The average molecular weight is 436 g/mol. The summed E-state index contributed by atoms with van der Waals surface area (Å²) in [5.41, 5.74) is -2.72. The van der Waals surface area contributed by atoms with Gasteiger partial charge in [0.05, 0.1) is 33.1 Å². The molecule has 0 fully saturated rings. The summed E-state index contributed by atoms with van der Waals surface area (Å²) in [6.45, 7) is 0. The summed E-state index contributed by atoms with van der Waals surface area (Å²) in [7, 11) is -3.83. The fraction of sp³-hybridized carbons (Fsp3) is 0.133. The highest BCUT2D eigenvalue weighted by Crippen LogP contribution is 2.37. The number of nitro benzene ring substituents is 1. The van der Waals surface area contributed by atoms with Gasteiger partial charge in [0.15, 0.2) is 0 Å². The fourth-order valence-electron chi connectivity index (χ4n) is 2.19. The van der Waals surface area contributed by atoms with Crippen molar-refractivity contribution in [1.82, 2.24) is 0 Å². The molecule has 0 heterocycles. The number of nitro groups is 1. The molecule has 148 valence electrons. The molecule has 0 aromatic heterocycles. The molecule has 0 N–H and O–H groups in total. The fourth-order valence-corrected chi connectivity index (χ4v) is 3.73. The van der Waals surface area contributed by atoms with Gasteiger partial charge in [0.1, 0.15) is 11.8 Å². The Hall–Kier alpha value is -2.88. The highest BCUT2D eigenvalue weighted by atomic mass is 35.5. The van der Waals surface area contributed by atoms with Crippen LogP contribution in [0.2, 0.25) is 5.02 Å². The van der Waals surface area contributed by atoms with E-state index in [4.69, 9.17) is 16.4 Å². The zero-order chi connectivity index (χ0) is 21.3. The second kappa shape index (κ2) is 7.63. The van der Waals surface area contributed by atoms with Gasteiger partial charge in [-0.15, -0.1) is 4.47 Å². The maximum absolute atomic E-state index is 13.0. The first-order valence-corrected chi connectivity index (χ1v) is 8.90. The molecule has 8 nitrogen and oxygen atoms in total. The van der Waals surface area contributed by atoms with Crippen LogP contribution < -0.4 is 4.47 Å². The molecule has 0 atom stereocenters. The Kier molecular flexibility index (Phi) is 5.83. The van der Waals surface area contributed by atoms with Gasteiger partial charge >= 0.3 is 6.18 Å². The number of non-ortho nitro benzene ring substituents is 1. The van der Waals surface area contributed by atoms with Crippen molar-refractivity contribution in [2.24, 2.45) is 0 Å². The van der Waals surface area contributed by atoms with E-state index >= 15 is 0 Å². The molecule has 2 rings (SSSR count). The molecule has 2 aromatic rings. The molecule has 0 spiro atoms. The molecule has 0 unspecified atom stereocenters. The largest absolute Gasteiger partial charge is 0.417 e. The van der Waals surface area contributed by atoms with E-state index in [9.17, 15) is 37.0 Å². The molecule has 0 bridgehead atoms. The van der Waals surface area contributed by atoms with Crippen LogP contribution in [0.15, 0.2) is 41.3 Å². The second-order valence-electron chi connectivity index (χ2n) is 5.12. The van der Waals surface area contributed by atoms with E-state index in [1.54, 1.807) is 6.07 Å². The van der Waals surface area contributed by atoms with Gasteiger partial charge in [-0.1, -0.05) is 11.6 Å². The van der Waals surface area contributed by atoms with Gasteiger partial charge in [-0.25, -0.2) is 0 Å². The smallest absolute Gasteiger partial charge is 0.262 e. The number of nitrogens with zero attached hydrogens (tertiary/aromatic N) is 3. The first-order valence-electron chi connectivity index (χ1n) is 7.08. The van der Waals surface area contributed by atoms with Crippen molar-refractivity contribution in [2.75, 3.05) is 11.6 Å². The number of nitriles is 1. The van der Waals surface area contributed by atoms with Crippen molar-refractivity contribution >= 4 is 33.0 Å². The maximum atomic E-state index is 13.0. The van der Waals surface area contributed by atoms with Gasteiger partial charge in [-0.3, -0.25) is 15.0 Å². The predicted octanol–water partition coefficient (Wildman–Crippen LogP) is 3.90. The van der Waals surface area contributed by atoms with Gasteiger partial charge in [0.25, 0.3) is 15.7 Å². The van der Waals surface area contributed by atoms with Crippen LogP contribution >= 0.6 is 11.6 Å². The lowest BCUT2D eigenvalue weighted by Crippen LogP contribution is -2.31. The SMILES string of the molecule is CON(c1ccc([N+](=O)[O-])cc1C#N)S(=O)(=O)c1ccc(Cl)c(C(F)(F)F)c1. The Morgan fingerprint density at radius 1 is 1.25 bits per heavy atom. The summed E-state index contributed by atoms with van der Waals surface area (Å²) in [6.07, 6.45) is -4.91.